The number of rotatable bonds is 5. The molecule has 298 valence electrons. The van der Waals surface area contributed by atoms with Crippen LogP contribution in [0.15, 0.2) is 212 Å². The summed E-state index contributed by atoms with van der Waals surface area (Å²) in [4.78, 5) is 11.5. The SMILES string of the molecule is c1cc(-c2ccc3c(c2)sc2ccccc23)c(-c2nc(-n3c4ccccc4c4ccccc43)cc(-n3c4ccccc4c4ccccc43)n2)c(-n2c3ccccc3c3ccccc32)c1. The standard InChI is InChI=1S/C58H35N5S/c1-8-24-46-38(16-1)39-17-2-9-25-47(39)61(46)52-30-15-23-37(36-32-33-45-44-22-7-14-31-53(44)64-54(45)34-36)57(52)58-59-55(62-48-26-10-3-18-40(48)41-19-4-11-27-49(41)62)35-56(60-58)63-50-28-12-5-20-42(50)43-21-6-13-29-51(43)63/h1-35H. The van der Waals surface area contributed by atoms with Gasteiger partial charge in [0.25, 0.3) is 0 Å². The van der Waals surface area contributed by atoms with Crippen molar-refractivity contribution in [3.8, 4) is 39.8 Å². The molecule has 0 aliphatic heterocycles. The molecular weight excluding hydrogens is 799 g/mol. The molecule has 14 aromatic rings. The molecular formula is C58H35N5S. The Morgan fingerprint density at radius 1 is 0.312 bits per heavy atom. The van der Waals surface area contributed by atoms with Crippen LogP contribution in [-0.2, 0) is 0 Å². The highest BCUT2D eigenvalue weighted by Crippen LogP contribution is 2.44. The van der Waals surface area contributed by atoms with Gasteiger partial charge in [-0.05, 0) is 65.7 Å². The number of hydrogen-bond acceptors (Lipinski definition) is 3. The summed E-state index contributed by atoms with van der Waals surface area (Å²) in [7, 11) is 0. The van der Waals surface area contributed by atoms with Crippen LogP contribution >= 0.6 is 11.3 Å². The van der Waals surface area contributed by atoms with Crippen LogP contribution in [0.5, 0.6) is 0 Å². The Balaban J connectivity index is 1.15. The summed E-state index contributed by atoms with van der Waals surface area (Å²) in [5, 5.41) is 9.67. The van der Waals surface area contributed by atoms with Gasteiger partial charge in [0.2, 0.25) is 0 Å². The van der Waals surface area contributed by atoms with E-state index in [-0.39, 0.29) is 0 Å². The third-order valence-electron chi connectivity index (χ3n) is 13.1. The van der Waals surface area contributed by atoms with Crippen molar-refractivity contribution in [2.24, 2.45) is 0 Å². The molecule has 0 radical (unpaired) electrons. The molecule has 5 heterocycles. The number of hydrogen-bond donors (Lipinski definition) is 0. The highest BCUT2D eigenvalue weighted by atomic mass is 32.1. The van der Waals surface area contributed by atoms with Crippen LogP contribution in [0.1, 0.15) is 0 Å². The third kappa shape index (κ3) is 5.05. The average molecular weight is 834 g/mol. The molecule has 0 bridgehead atoms. The molecule has 0 spiro atoms. The Morgan fingerprint density at radius 3 is 1.20 bits per heavy atom. The summed E-state index contributed by atoms with van der Waals surface area (Å²) in [5.74, 6) is 2.23. The Hall–Kier alpha value is -8.32. The molecule has 14 rings (SSSR count). The highest BCUT2D eigenvalue weighted by molar-refractivity contribution is 7.25. The number of benzene rings is 9. The smallest absolute Gasteiger partial charge is 0.166 e. The minimum Gasteiger partial charge on any atom is -0.308 e. The van der Waals surface area contributed by atoms with E-state index in [0.29, 0.717) is 5.82 Å². The molecule has 0 atom stereocenters. The largest absolute Gasteiger partial charge is 0.308 e. The quantitative estimate of drug-likeness (QED) is 0.173. The van der Waals surface area contributed by atoms with Crippen LogP contribution in [0, 0.1) is 0 Å². The number of aromatic nitrogens is 5. The molecule has 0 aliphatic carbocycles. The Kier molecular flexibility index (Phi) is 7.49. The molecule has 5 nitrogen and oxygen atoms in total. The summed E-state index contributed by atoms with van der Waals surface area (Å²) >= 11 is 1.84. The Labute approximate surface area is 371 Å². The molecule has 0 unspecified atom stereocenters. The van der Waals surface area contributed by atoms with Crippen molar-refractivity contribution in [1.82, 2.24) is 23.7 Å². The van der Waals surface area contributed by atoms with Gasteiger partial charge in [-0.3, -0.25) is 9.13 Å². The van der Waals surface area contributed by atoms with Crippen LogP contribution < -0.4 is 0 Å². The number of fused-ring (bicyclic) bond motifs is 12. The number of thiophene rings is 1. The van der Waals surface area contributed by atoms with E-state index in [0.717, 1.165) is 67.1 Å². The first-order valence-electron chi connectivity index (χ1n) is 21.7. The summed E-state index contributed by atoms with van der Waals surface area (Å²) in [6, 6.07) is 76.6. The summed E-state index contributed by atoms with van der Waals surface area (Å²) in [5.41, 5.74) is 10.8. The van der Waals surface area contributed by atoms with Crippen molar-refractivity contribution in [2.75, 3.05) is 0 Å². The van der Waals surface area contributed by atoms with Crippen molar-refractivity contribution in [2.45, 2.75) is 0 Å². The molecule has 9 aromatic carbocycles. The van der Waals surface area contributed by atoms with Gasteiger partial charge in [0.05, 0.1) is 44.4 Å². The first kappa shape index (κ1) is 35.3. The van der Waals surface area contributed by atoms with E-state index in [9.17, 15) is 0 Å². The predicted octanol–water partition coefficient (Wildman–Crippen LogP) is 15.5. The minimum atomic E-state index is 0.639. The van der Waals surface area contributed by atoms with E-state index in [1.165, 1.54) is 52.5 Å². The van der Waals surface area contributed by atoms with Gasteiger partial charge < -0.3 is 4.57 Å². The number of nitrogens with zero attached hydrogens (tertiary/aromatic N) is 5. The van der Waals surface area contributed by atoms with E-state index in [4.69, 9.17) is 9.97 Å². The van der Waals surface area contributed by atoms with Crippen molar-refractivity contribution in [3.63, 3.8) is 0 Å². The maximum Gasteiger partial charge on any atom is 0.166 e. The topological polar surface area (TPSA) is 40.6 Å². The molecule has 0 saturated heterocycles. The third-order valence-corrected chi connectivity index (χ3v) is 14.2. The molecule has 0 fully saturated rings. The van der Waals surface area contributed by atoms with Crippen LogP contribution in [0.25, 0.3) is 125 Å². The van der Waals surface area contributed by atoms with Gasteiger partial charge in [0, 0.05) is 58.6 Å². The Bertz CT molecular complexity index is 3930. The fourth-order valence-corrected chi connectivity index (χ4v) is 11.5. The van der Waals surface area contributed by atoms with Crippen LogP contribution in [0.3, 0.4) is 0 Å². The molecule has 64 heavy (non-hydrogen) atoms. The second-order valence-electron chi connectivity index (χ2n) is 16.5. The zero-order chi connectivity index (χ0) is 41.9. The normalized spacial score (nSPS) is 12.1. The van der Waals surface area contributed by atoms with E-state index in [1.54, 1.807) is 0 Å². The lowest BCUT2D eigenvalue weighted by Gasteiger charge is -2.19. The van der Waals surface area contributed by atoms with Crippen molar-refractivity contribution in [3.05, 3.63) is 212 Å². The Morgan fingerprint density at radius 2 is 0.719 bits per heavy atom. The molecule has 0 amide bonds. The molecule has 6 heteroatoms. The lowest BCUT2D eigenvalue weighted by Crippen LogP contribution is -2.08. The van der Waals surface area contributed by atoms with Crippen molar-refractivity contribution >= 4 is 96.9 Å². The van der Waals surface area contributed by atoms with Gasteiger partial charge in [-0.1, -0.05) is 152 Å². The van der Waals surface area contributed by atoms with Crippen molar-refractivity contribution in [1.29, 1.82) is 0 Å². The predicted molar refractivity (Wildman–Crippen MR) is 269 cm³/mol. The fourth-order valence-electron chi connectivity index (χ4n) is 10.4. The molecule has 0 N–H and O–H groups in total. The van der Waals surface area contributed by atoms with Gasteiger partial charge >= 0.3 is 0 Å². The molecule has 0 saturated carbocycles. The second kappa shape index (κ2) is 13.6. The number of para-hydroxylation sites is 6. The van der Waals surface area contributed by atoms with Crippen LogP contribution in [0.2, 0.25) is 0 Å². The first-order chi connectivity index (χ1) is 31.8. The zero-order valence-corrected chi connectivity index (χ0v) is 35.2. The van der Waals surface area contributed by atoms with Gasteiger partial charge in [0.15, 0.2) is 5.82 Å². The summed E-state index contributed by atoms with van der Waals surface area (Å²) in [6.07, 6.45) is 0. The minimum absolute atomic E-state index is 0.639. The monoisotopic (exact) mass is 833 g/mol. The van der Waals surface area contributed by atoms with E-state index < -0.39 is 0 Å². The fraction of sp³-hybridized carbons (Fsp3) is 0. The van der Waals surface area contributed by atoms with Crippen molar-refractivity contribution < 1.29 is 0 Å². The zero-order valence-electron chi connectivity index (χ0n) is 34.4. The van der Waals surface area contributed by atoms with Gasteiger partial charge in [-0.2, -0.15) is 0 Å². The lowest BCUT2D eigenvalue weighted by atomic mass is 9.96. The van der Waals surface area contributed by atoms with Gasteiger partial charge in [-0.15, -0.1) is 11.3 Å². The summed E-state index contributed by atoms with van der Waals surface area (Å²) in [6.45, 7) is 0. The van der Waals surface area contributed by atoms with Gasteiger partial charge in [-0.25, -0.2) is 9.97 Å². The van der Waals surface area contributed by atoms with E-state index in [2.05, 4.69) is 226 Å². The maximum absolute atomic E-state index is 5.76. The first-order valence-corrected chi connectivity index (χ1v) is 22.5. The van der Waals surface area contributed by atoms with Crippen LogP contribution in [0.4, 0.5) is 0 Å². The highest BCUT2D eigenvalue weighted by Gasteiger charge is 2.25. The van der Waals surface area contributed by atoms with Crippen LogP contribution in [-0.4, -0.2) is 23.7 Å². The van der Waals surface area contributed by atoms with E-state index >= 15 is 0 Å². The molecule has 5 aromatic heterocycles. The second-order valence-corrected chi connectivity index (χ2v) is 17.6. The van der Waals surface area contributed by atoms with E-state index in [1.807, 2.05) is 11.3 Å². The summed E-state index contributed by atoms with van der Waals surface area (Å²) < 4.78 is 9.58. The average Bonchev–Trinajstić information content (AvgIpc) is 4.10. The molecule has 0 aliphatic rings. The maximum atomic E-state index is 5.76. The van der Waals surface area contributed by atoms with Gasteiger partial charge in [0.1, 0.15) is 11.6 Å². The lowest BCUT2D eigenvalue weighted by molar-refractivity contribution is 0.991.